The highest BCUT2D eigenvalue weighted by atomic mass is 35.5. The number of nitrogens with one attached hydrogen (secondary N) is 1. The Morgan fingerprint density at radius 1 is 1.20 bits per heavy atom. The summed E-state index contributed by atoms with van der Waals surface area (Å²) in [6.45, 7) is 8.48. The van der Waals surface area contributed by atoms with E-state index in [0.29, 0.717) is 12.6 Å². The van der Waals surface area contributed by atoms with E-state index in [-0.39, 0.29) is 0 Å². The molecule has 0 radical (unpaired) electrons. The van der Waals surface area contributed by atoms with Crippen LogP contribution in [0.2, 0.25) is 5.02 Å². The molecule has 0 fully saturated rings. The molecule has 0 bridgehead atoms. The van der Waals surface area contributed by atoms with Gasteiger partial charge in [0.25, 0.3) is 0 Å². The first kappa shape index (κ1) is 17.3. The van der Waals surface area contributed by atoms with Gasteiger partial charge in [-0.05, 0) is 43.5 Å². The molecule has 0 aromatic heterocycles. The Balaban J connectivity index is 2.50. The molecular weight excluding hydrogens is 270 g/mol. The van der Waals surface area contributed by atoms with Crippen LogP contribution in [-0.4, -0.2) is 19.2 Å². The van der Waals surface area contributed by atoms with Crippen molar-refractivity contribution in [3.63, 3.8) is 0 Å². The highest BCUT2D eigenvalue weighted by molar-refractivity contribution is 6.30. The quantitative estimate of drug-likeness (QED) is 0.662. The Morgan fingerprint density at radius 3 is 2.55 bits per heavy atom. The molecule has 1 unspecified atom stereocenters. The average molecular weight is 298 g/mol. The van der Waals surface area contributed by atoms with Crippen molar-refractivity contribution in [3.05, 3.63) is 29.3 Å². The second-order valence-electron chi connectivity index (χ2n) is 5.34. The van der Waals surface area contributed by atoms with E-state index in [1.165, 1.54) is 19.3 Å². The molecule has 2 nitrogen and oxygen atoms in total. The van der Waals surface area contributed by atoms with Crippen LogP contribution in [0.25, 0.3) is 0 Å². The summed E-state index contributed by atoms with van der Waals surface area (Å²) in [7, 11) is 0. The van der Waals surface area contributed by atoms with Crippen LogP contribution in [0.1, 0.15) is 46.5 Å². The normalized spacial score (nSPS) is 12.7. The van der Waals surface area contributed by atoms with Crippen LogP contribution in [0.15, 0.2) is 24.3 Å². The second-order valence-corrected chi connectivity index (χ2v) is 5.77. The van der Waals surface area contributed by atoms with Crippen LogP contribution in [0.4, 0.5) is 0 Å². The van der Waals surface area contributed by atoms with Gasteiger partial charge in [0, 0.05) is 11.1 Å². The zero-order chi connectivity index (χ0) is 14.8. The summed E-state index contributed by atoms with van der Waals surface area (Å²) in [5, 5.41) is 4.32. The van der Waals surface area contributed by atoms with Crippen molar-refractivity contribution in [3.8, 4) is 5.75 Å². The summed E-state index contributed by atoms with van der Waals surface area (Å²) in [6.07, 6.45) is 4.79. The highest BCUT2D eigenvalue weighted by Gasteiger charge is 2.14. The Morgan fingerprint density at radius 2 is 1.95 bits per heavy atom. The second kappa shape index (κ2) is 10.1. The topological polar surface area (TPSA) is 21.3 Å². The molecule has 0 heterocycles. The summed E-state index contributed by atoms with van der Waals surface area (Å²) < 4.78 is 5.89. The summed E-state index contributed by atoms with van der Waals surface area (Å²) in [6, 6.07) is 8.03. The van der Waals surface area contributed by atoms with Crippen LogP contribution in [0, 0.1) is 5.92 Å². The van der Waals surface area contributed by atoms with E-state index in [4.69, 9.17) is 16.3 Å². The number of halogens is 1. The van der Waals surface area contributed by atoms with Crippen LogP contribution in [-0.2, 0) is 0 Å². The van der Waals surface area contributed by atoms with Crippen LogP contribution < -0.4 is 10.1 Å². The molecule has 0 aliphatic carbocycles. The van der Waals surface area contributed by atoms with Crippen molar-refractivity contribution in [1.82, 2.24) is 5.32 Å². The van der Waals surface area contributed by atoms with Crippen molar-refractivity contribution in [2.75, 3.05) is 13.2 Å². The molecule has 1 atom stereocenters. The minimum atomic E-state index is 0.416. The minimum absolute atomic E-state index is 0.416. The van der Waals surface area contributed by atoms with E-state index >= 15 is 0 Å². The highest BCUT2D eigenvalue weighted by Crippen LogP contribution is 2.19. The number of rotatable bonds is 10. The van der Waals surface area contributed by atoms with Crippen molar-refractivity contribution in [1.29, 1.82) is 0 Å². The SMILES string of the molecule is CCCNC(COc1cccc(Cl)c1)CC(CC)CC. The monoisotopic (exact) mass is 297 g/mol. The van der Waals surface area contributed by atoms with E-state index in [1.807, 2.05) is 24.3 Å². The lowest BCUT2D eigenvalue weighted by molar-refractivity contribution is 0.234. The number of hydrogen-bond acceptors (Lipinski definition) is 2. The molecule has 0 amide bonds. The smallest absolute Gasteiger partial charge is 0.120 e. The Kier molecular flexibility index (Phi) is 8.72. The fourth-order valence-electron chi connectivity index (χ4n) is 2.34. The van der Waals surface area contributed by atoms with Gasteiger partial charge in [-0.3, -0.25) is 0 Å². The molecular formula is C17H28ClNO. The molecule has 0 saturated carbocycles. The number of benzene rings is 1. The number of hydrogen-bond donors (Lipinski definition) is 1. The van der Waals surface area contributed by atoms with E-state index in [0.717, 1.165) is 29.7 Å². The first-order valence-electron chi connectivity index (χ1n) is 7.81. The first-order chi connectivity index (χ1) is 9.69. The molecule has 1 N–H and O–H groups in total. The molecule has 20 heavy (non-hydrogen) atoms. The standard InChI is InChI=1S/C17H28ClNO/c1-4-10-19-16(11-14(5-2)6-3)13-20-17-9-7-8-15(18)12-17/h7-9,12,14,16,19H,4-6,10-11,13H2,1-3H3. The van der Waals surface area contributed by atoms with Gasteiger partial charge in [-0.2, -0.15) is 0 Å². The van der Waals surface area contributed by atoms with Gasteiger partial charge in [0.1, 0.15) is 12.4 Å². The fraction of sp³-hybridized carbons (Fsp3) is 0.647. The molecule has 0 aliphatic heterocycles. The van der Waals surface area contributed by atoms with Gasteiger partial charge in [-0.25, -0.2) is 0 Å². The van der Waals surface area contributed by atoms with E-state index < -0.39 is 0 Å². The lowest BCUT2D eigenvalue weighted by atomic mass is 9.95. The van der Waals surface area contributed by atoms with Gasteiger partial charge < -0.3 is 10.1 Å². The maximum Gasteiger partial charge on any atom is 0.120 e. The summed E-state index contributed by atoms with van der Waals surface area (Å²) >= 11 is 5.98. The van der Waals surface area contributed by atoms with Gasteiger partial charge in [-0.1, -0.05) is 51.3 Å². The first-order valence-corrected chi connectivity index (χ1v) is 8.19. The fourth-order valence-corrected chi connectivity index (χ4v) is 2.52. The van der Waals surface area contributed by atoms with Crippen molar-refractivity contribution in [2.24, 2.45) is 5.92 Å². The summed E-state index contributed by atoms with van der Waals surface area (Å²) in [4.78, 5) is 0. The summed E-state index contributed by atoms with van der Waals surface area (Å²) in [5.74, 6) is 1.62. The zero-order valence-electron chi connectivity index (χ0n) is 13.0. The predicted molar refractivity (Wildman–Crippen MR) is 87.7 cm³/mol. The maximum absolute atomic E-state index is 5.98. The third kappa shape index (κ3) is 6.62. The lowest BCUT2D eigenvalue weighted by Gasteiger charge is -2.23. The Bertz CT molecular complexity index is 366. The van der Waals surface area contributed by atoms with Gasteiger partial charge >= 0.3 is 0 Å². The largest absolute Gasteiger partial charge is 0.492 e. The molecule has 0 aliphatic rings. The third-order valence-corrected chi connectivity index (χ3v) is 3.94. The molecule has 114 valence electrons. The molecule has 1 aromatic rings. The molecule has 3 heteroatoms. The van der Waals surface area contributed by atoms with Crippen LogP contribution in [0.3, 0.4) is 0 Å². The van der Waals surface area contributed by atoms with Gasteiger partial charge in [0.05, 0.1) is 0 Å². The van der Waals surface area contributed by atoms with Gasteiger partial charge in [-0.15, -0.1) is 0 Å². The maximum atomic E-state index is 5.98. The third-order valence-electron chi connectivity index (χ3n) is 3.70. The zero-order valence-corrected chi connectivity index (χ0v) is 13.7. The average Bonchev–Trinajstić information content (AvgIpc) is 2.46. The van der Waals surface area contributed by atoms with Gasteiger partial charge in [0.2, 0.25) is 0 Å². The van der Waals surface area contributed by atoms with E-state index in [2.05, 4.69) is 26.1 Å². The van der Waals surface area contributed by atoms with Crippen molar-refractivity contribution < 1.29 is 4.74 Å². The minimum Gasteiger partial charge on any atom is -0.492 e. The van der Waals surface area contributed by atoms with Gasteiger partial charge in [0.15, 0.2) is 0 Å². The molecule has 0 spiro atoms. The van der Waals surface area contributed by atoms with Crippen molar-refractivity contribution in [2.45, 2.75) is 52.5 Å². The molecule has 1 rings (SSSR count). The van der Waals surface area contributed by atoms with Crippen LogP contribution >= 0.6 is 11.6 Å². The molecule has 0 saturated heterocycles. The van der Waals surface area contributed by atoms with Crippen LogP contribution in [0.5, 0.6) is 5.75 Å². The van der Waals surface area contributed by atoms with E-state index in [9.17, 15) is 0 Å². The predicted octanol–water partition coefficient (Wildman–Crippen LogP) is 4.91. The molecule has 1 aromatic carbocycles. The van der Waals surface area contributed by atoms with E-state index in [1.54, 1.807) is 0 Å². The Hall–Kier alpha value is -0.730. The Labute approximate surface area is 128 Å². The lowest BCUT2D eigenvalue weighted by Crippen LogP contribution is -2.36. The summed E-state index contributed by atoms with van der Waals surface area (Å²) in [5.41, 5.74) is 0. The number of ether oxygens (including phenoxy) is 1. The van der Waals surface area contributed by atoms with Crippen molar-refractivity contribution >= 4 is 11.6 Å².